The van der Waals surface area contributed by atoms with Crippen LogP contribution in [-0.2, 0) is 21.2 Å². The molecule has 168 valence electrons. The highest BCUT2D eigenvalue weighted by Crippen LogP contribution is 2.28. The average Bonchev–Trinajstić information content (AvgIpc) is 2.77. The Labute approximate surface area is 195 Å². The number of hydrogen-bond donors (Lipinski definition) is 1. The molecule has 0 bridgehead atoms. The number of rotatable bonds is 9. The summed E-state index contributed by atoms with van der Waals surface area (Å²) in [4.78, 5) is 12.8. The summed E-state index contributed by atoms with van der Waals surface area (Å²) in [6, 6.07) is 21.3. The number of sulfonamides is 1. The molecule has 0 atom stereocenters. The Balaban J connectivity index is 1.72. The van der Waals surface area contributed by atoms with E-state index in [-0.39, 0.29) is 17.3 Å². The Morgan fingerprint density at radius 2 is 1.66 bits per heavy atom. The first-order chi connectivity index (χ1) is 15.3. The van der Waals surface area contributed by atoms with E-state index in [9.17, 15) is 13.2 Å². The molecule has 7 heteroatoms. The maximum Gasteiger partial charge on any atom is 0.264 e. The van der Waals surface area contributed by atoms with Crippen molar-refractivity contribution in [1.29, 1.82) is 0 Å². The van der Waals surface area contributed by atoms with E-state index in [0.717, 1.165) is 17.1 Å². The molecule has 0 saturated heterocycles. The molecule has 0 heterocycles. The molecule has 0 radical (unpaired) electrons. The highest BCUT2D eigenvalue weighted by Gasteiger charge is 2.28. The van der Waals surface area contributed by atoms with Crippen molar-refractivity contribution >= 4 is 33.2 Å². The van der Waals surface area contributed by atoms with E-state index >= 15 is 0 Å². The van der Waals surface area contributed by atoms with E-state index in [1.54, 1.807) is 43.3 Å². The molecule has 1 N–H and O–H groups in total. The van der Waals surface area contributed by atoms with E-state index in [2.05, 4.69) is 29.6 Å². The van der Waals surface area contributed by atoms with Gasteiger partial charge >= 0.3 is 0 Å². The van der Waals surface area contributed by atoms with Gasteiger partial charge in [0.25, 0.3) is 10.0 Å². The first kappa shape index (κ1) is 23.8. The van der Waals surface area contributed by atoms with Gasteiger partial charge < -0.3 is 5.32 Å². The van der Waals surface area contributed by atoms with Crippen molar-refractivity contribution in [2.75, 3.05) is 17.4 Å². The highest BCUT2D eigenvalue weighted by atomic mass is 35.5. The normalized spacial score (nSPS) is 11.2. The summed E-state index contributed by atoms with van der Waals surface area (Å²) < 4.78 is 27.9. The summed E-state index contributed by atoms with van der Waals surface area (Å²) in [5.41, 5.74) is 3.51. The van der Waals surface area contributed by atoms with Crippen LogP contribution >= 0.6 is 11.6 Å². The van der Waals surface area contributed by atoms with Gasteiger partial charge in [0.2, 0.25) is 5.91 Å². The van der Waals surface area contributed by atoms with E-state index in [1.165, 1.54) is 23.3 Å². The predicted molar refractivity (Wildman–Crippen MR) is 130 cm³/mol. The molecule has 0 aliphatic heterocycles. The summed E-state index contributed by atoms with van der Waals surface area (Å²) in [7, 11) is -3.93. The number of nitrogens with one attached hydrogen (secondary N) is 1. The molecule has 0 aliphatic rings. The molecule has 5 nitrogen and oxygen atoms in total. The van der Waals surface area contributed by atoms with Crippen LogP contribution in [0.5, 0.6) is 0 Å². The number of benzene rings is 3. The molecule has 1 amide bonds. The summed E-state index contributed by atoms with van der Waals surface area (Å²) >= 11 is 6.06. The first-order valence-corrected chi connectivity index (χ1v) is 12.3. The molecule has 0 aliphatic carbocycles. The minimum Gasteiger partial charge on any atom is -0.355 e. The lowest BCUT2D eigenvalue weighted by atomic mass is 10.1. The Kier molecular flexibility index (Phi) is 7.94. The molecule has 32 heavy (non-hydrogen) atoms. The zero-order valence-corrected chi connectivity index (χ0v) is 19.8. The van der Waals surface area contributed by atoms with Gasteiger partial charge in [0.1, 0.15) is 6.54 Å². The van der Waals surface area contributed by atoms with Crippen LogP contribution in [0.25, 0.3) is 0 Å². The van der Waals surface area contributed by atoms with E-state index in [0.29, 0.717) is 22.8 Å². The van der Waals surface area contributed by atoms with Gasteiger partial charge in [-0.05, 0) is 68.1 Å². The van der Waals surface area contributed by atoms with Crippen LogP contribution in [-0.4, -0.2) is 27.4 Å². The molecule has 3 aromatic rings. The number of carbonyl (C=O) groups is 1. The van der Waals surface area contributed by atoms with Gasteiger partial charge in [-0.25, -0.2) is 8.42 Å². The Morgan fingerprint density at radius 3 is 2.31 bits per heavy atom. The van der Waals surface area contributed by atoms with Gasteiger partial charge in [-0.1, -0.05) is 59.6 Å². The molecule has 0 spiro atoms. The van der Waals surface area contributed by atoms with Crippen LogP contribution in [0.15, 0.2) is 77.7 Å². The molecule has 0 unspecified atom stereocenters. The molecule has 0 fully saturated rings. The van der Waals surface area contributed by atoms with Gasteiger partial charge in [0.15, 0.2) is 0 Å². The van der Waals surface area contributed by atoms with Crippen molar-refractivity contribution in [3.8, 4) is 0 Å². The Bertz CT molecular complexity index is 1160. The van der Waals surface area contributed by atoms with Crippen LogP contribution in [0.4, 0.5) is 5.69 Å². The highest BCUT2D eigenvalue weighted by molar-refractivity contribution is 7.92. The second-order valence-corrected chi connectivity index (χ2v) is 9.99. The fourth-order valence-corrected chi connectivity index (χ4v) is 5.11. The van der Waals surface area contributed by atoms with Crippen molar-refractivity contribution in [3.63, 3.8) is 0 Å². The van der Waals surface area contributed by atoms with E-state index < -0.39 is 10.0 Å². The number of anilines is 1. The molecule has 3 rings (SSSR count). The lowest BCUT2D eigenvalue weighted by Gasteiger charge is -2.25. The zero-order chi connectivity index (χ0) is 23.1. The third kappa shape index (κ3) is 6.11. The third-order valence-corrected chi connectivity index (χ3v) is 7.14. The van der Waals surface area contributed by atoms with Crippen molar-refractivity contribution in [2.45, 2.75) is 31.6 Å². The summed E-state index contributed by atoms with van der Waals surface area (Å²) in [5, 5.41) is 3.35. The Hall–Kier alpha value is -2.83. The second kappa shape index (κ2) is 10.7. The lowest BCUT2D eigenvalue weighted by Crippen LogP contribution is -2.41. The van der Waals surface area contributed by atoms with Crippen molar-refractivity contribution in [3.05, 3.63) is 94.5 Å². The van der Waals surface area contributed by atoms with E-state index in [4.69, 9.17) is 11.6 Å². The summed E-state index contributed by atoms with van der Waals surface area (Å²) in [5.74, 6) is -0.359. The largest absolute Gasteiger partial charge is 0.355 e. The quantitative estimate of drug-likeness (QED) is 0.452. The number of hydrogen-bond acceptors (Lipinski definition) is 3. The molecule has 3 aromatic carbocycles. The van der Waals surface area contributed by atoms with Gasteiger partial charge in [-0.15, -0.1) is 0 Å². The van der Waals surface area contributed by atoms with Crippen molar-refractivity contribution < 1.29 is 13.2 Å². The number of halogens is 1. The van der Waals surface area contributed by atoms with Crippen LogP contribution in [0, 0.1) is 13.8 Å². The maximum atomic E-state index is 13.4. The lowest BCUT2D eigenvalue weighted by molar-refractivity contribution is -0.119. The number of carbonyl (C=O) groups excluding carboxylic acids is 1. The number of amides is 1. The zero-order valence-electron chi connectivity index (χ0n) is 18.2. The van der Waals surface area contributed by atoms with Gasteiger partial charge in [-0.2, -0.15) is 0 Å². The maximum absolute atomic E-state index is 13.4. The molecule has 0 saturated carbocycles. The predicted octanol–water partition coefficient (Wildman–Crippen LogP) is 4.90. The van der Waals surface area contributed by atoms with Gasteiger partial charge in [0.05, 0.1) is 10.6 Å². The fraction of sp³-hybridized carbons (Fsp3) is 0.240. The standard InChI is InChI=1S/C25H27ClN2O3S/c1-19-10-12-21(13-11-19)7-6-16-27-25(29)18-28(24-15-14-22(26)17-20(24)2)32(30,31)23-8-4-3-5-9-23/h3-5,8-15,17H,6-7,16,18H2,1-2H3,(H,27,29). The van der Waals surface area contributed by atoms with E-state index in [1.807, 2.05) is 6.92 Å². The van der Waals surface area contributed by atoms with Crippen LogP contribution in [0.3, 0.4) is 0 Å². The SMILES string of the molecule is Cc1ccc(CCCNC(=O)CN(c2ccc(Cl)cc2C)S(=O)(=O)c2ccccc2)cc1. The fourth-order valence-electron chi connectivity index (χ4n) is 3.38. The van der Waals surface area contributed by atoms with Crippen LogP contribution in [0.2, 0.25) is 5.02 Å². The monoisotopic (exact) mass is 470 g/mol. The minimum atomic E-state index is -3.93. The van der Waals surface area contributed by atoms with Crippen molar-refractivity contribution in [2.24, 2.45) is 0 Å². The van der Waals surface area contributed by atoms with Crippen LogP contribution < -0.4 is 9.62 Å². The summed E-state index contributed by atoms with van der Waals surface area (Å²) in [6.45, 7) is 3.96. The van der Waals surface area contributed by atoms with Gasteiger partial charge in [0, 0.05) is 11.6 Å². The first-order valence-electron chi connectivity index (χ1n) is 10.4. The van der Waals surface area contributed by atoms with Crippen molar-refractivity contribution in [1.82, 2.24) is 5.32 Å². The molecular weight excluding hydrogens is 444 g/mol. The smallest absolute Gasteiger partial charge is 0.264 e. The summed E-state index contributed by atoms with van der Waals surface area (Å²) in [6.07, 6.45) is 1.60. The topological polar surface area (TPSA) is 66.5 Å². The Morgan fingerprint density at radius 1 is 0.969 bits per heavy atom. The van der Waals surface area contributed by atoms with Gasteiger partial charge in [-0.3, -0.25) is 9.10 Å². The van der Waals surface area contributed by atoms with Crippen LogP contribution in [0.1, 0.15) is 23.1 Å². The third-order valence-electron chi connectivity index (χ3n) is 5.13. The molecule has 0 aromatic heterocycles. The number of nitrogens with zero attached hydrogens (tertiary/aromatic N) is 1. The number of aryl methyl sites for hydroxylation is 3. The average molecular weight is 471 g/mol. The molecular formula is C25H27ClN2O3S. The second-order valence-electron chi connectivity index (χ2n) is 7.69. The minimum absolute atomic E-state index is 0.126.